The maximum atomic E-state index is 9.40. The average molecular weight is 357 g/mol. The van der Waals surface area contributed by atoms with Crippen molar-refractivity contribution in [3.8, 4) is 0 Å². The first-order valence-corrected chi connectivity index (χ1v) is 2.97. The molecule has 0 atom stereocenters. The smallest absolute Gasteiger partial charge is 0.853 e. The maximum Gasteiger partial charge on any atom is 2.00 e. The molecule has 0 aromatic carbocycles. The number of hydrogen-bond acceptors (Lipinski definition) is 4. The first-order chi connectivity index (χ1) is 4.83. The Morgan fingerprint density at radius 2 is 1.18 bits per heavy atom. The van der Waals surface area contributed by atoms with Crippen molar-refractivity contribution in [3.63, 3.8) is 0 Å². The molecule has 4 nitrogen and oxygen atoms in total. The second-order valence-electron chi connectivity index (χ2n) is 1.39. The van der Waals surface area contributed by atoms with Gasteiger partial charge in [0.15, 0.2) is 0 Å². The Balaban J connectivity index is -0.000000107. The normalized spacial score (nSPS) is 7.64. The van der Waals surface area contributed by atoms with Crippen LogP contribution in [0.25, 0.3) is 0 Å². The quantitative estimate of drug-likeness (QED) is 0.527. The van der Waals surface area contributed by atoms with E-state index in [0.717, 1.165) is 0 Å². The van der Waals surface area contributed by atoms with Gasteiger partial charge in [0.2, 0.25) is 0 Å². The van der Waals surface area contributed by atoms with Crippen LogP contribution < -0.4 is 10.2 Å². The molecule has 0 spiro atoms. The number of ether oxygens (including phenoxy) is 2. The zero-order valence-corrected chi connectivity index (χ0v) is 10.8. The topological polar surface area (TPSA) is 64.6 Å². The van der Waals surface area contributed by atoms with Crippen LogP contribution >= 0.6 is 0 Å². The summed E-state index contributed by atoms with van der Waals surface area (Å²) < 4.78 is 8.76. The minimum Gasteiger partial charge on any atom is -0.853 e. The standard InChI is InChI=1S/2C3H7O2.Pb/c2*1-5-3-2-4;/h2*2-3H2,1H3;/q2*-1;+2. The molecule has 0 fully saturated rings. The van der Waals surface area contributed by atoms with Gasteiger partial charge in [-0.05, 0) is 0 Å². The van der Waals surface area contributed by atoms with Crippen molar-refractivity contribution in [1.29, 1.82) is 0 Å². The van der Waals surface area contributed by atoms with Crippen molar-refractivity contribution < 1.29 is 19.7 Å². The molecular formula is C6H14O4Pb. The fourth-order valence-electron chi connectivity index (χ4n) is 0.167. The fraction of sp³-hybridized carbons (Fsp3) is 1.00. The largest absolute Gasteiger partial charge is 2.00 e. The Hall–Kier alpha value is 0.762. The Labute approximate surface area is 87.7 Å². The van der Waals surface area contributed by atoms with Gasteiger partial charge < -0.3 is 19.7 Å². The SMILES string of the molecule is COCC[O-].COCC[O-].[Pb+2]. The molecule has 0 aliphatic heterocycles. The molecule has 66 valence electrons. The number of methoxy groups -OCH3 is 2. The molecule has 0 bridgehead atoms. The predicted molar refractivity (Wildman–Crippen MR) is 39.2 cm³/mol. The zero-order valence-electron chi connectivity index (χ0n) is 6.96. The van der Waals surface area contributed by atoms with Crippen LogP contribution in [-0.2, 0) is 9.47 Å². The zero-order chi connectivity index (χ0) is 8.24. The van der Waals surface area contributed by atoms with Gasteiger partial charge in [0.05, 0.1) is 0 Å². The molecule has 11 heavy (non-hydrogen) atoms. The van der Waals surface area contributed by atoms with E-state index < -0.39 is 0 Å². The Bertz CT molecular complexity index is 35.6. The molecule has 0 aromatic heterocycles. The molecule has 0 aromatic rings. The van der Waals surface area contributed by atoms with E-state index in [0.29, 0.717) is 13.2 Å². The first-order valence-electron chi connectivity index (χ1n) is 2.97. The van der Waals surface area contributed by atoms with Gasteiger partial charge in [-0.25, -0.2) is 0 Å². The van der Waals surface area contributed by atoms with Gasteiger partial charge in [-0.15, -0.1) is 13.2 Å². The second kappa shape index (κ2) is 22.4. The van der Waals surface area contributed by atoms with E-state index in [-0.39, 0.29) is 40.5 Å². The van der Waals surface area contributed by atoms with Crippen LogP contribution in [0.5, 0.6) is 0 Å². The van der Waals surface area contributed by atoms with Crippen molar-refractivity contribution in [2.45, 2.75) is 0 Å². The van der Waals surface area contributed by atoms with Crippen molar-refractivity contribution >= 4 is 27.3 Å². The van der Waals surface area contributed by atoms with E-state index in [4.69, 9.17) is 0 Å². The first kappa shape index (κ1) is 17.7. The number of rotatable bonds is 4. The van der Waals surface area contributed by atoms with E-state index in [1.807, 2.05) is 0 Å². The molecule has 2 radical (unpaired) electrons. The third-order valence-corrected chi connectivity index (χ3v) is 0.575. The van der Waals surface area contributed by atoms with Crippen molar-refractivity contribution in [3.05, 3.63) is 0 Å². The molecule has 0 rings (SSSR count). The minimum atomic E-state index is -0.128. The van der Waals surface area contributed by atoms with E-state index in [2.05, 4.69) is 9.47 Å². The van der Waals surface area contributed by atoms with Crippen LogP contribution in [0, 0.1) is 0 Å². The van der Waals surface area contributed by atoms with Gasteiger partial charge in [-0.1, -0.05) is 0 Å². The van der Waals surface area contributed by atoms with E-state index in [1.165, 1.54) is 14.2 Å². The molecule has 0 aliphatic carbocycles. The summed E-state index contributed by atoms with van der Waals surface area (Å²) in [6.07, 6.45) is 0. The summed E-state index contributed by atoms with van der Waals surface area (Å²) in [4.78, 5) is 0. The van der Waals surface area contributed by atoms with Gasteiger partial charge in [0.1, 0.15) is 0 Å². The van der Waals surface area contributed by atoms with Gasteiger partial charge in [-0.2, -0.15) is 0 Å². The Morgan fingerprint density at radius 1 is 0.909 bits per heavy atom. The monoisotopic (exact) mass is 358 g/mol. The van der Waals surface area contributed by atoms with Gasteiger partial charge in [0.25, 0.3) is 0 Å². The van der Waals surface area contributed by atoms with E-state index >= 15 is 0 Å². The van der Waals surface area contributed by atoms with Gasteiger partial charge in [-0.3, -0.25) is 0 Å². The predicted octanol–water partition coefficient (Wildman–Crippen LogP) is -2.39. The maximum absolute atomic E-state index is 9.40. The average Bonchev–Trinajstić information content (AvgIpc) is 1.93. The Kier molecular flexibility index (Phi) is 36.2. The van der Waals surface area contributed by atoms with Crippen LogP contribution in [0.1, 0.15) is 0 Å². The summed E-state index contributed by atoms with van der Waals surface area (Å²) in [5, 5.41) is 18.8. The van der Waals surface area contributed by atoms with Crippen LogP contribution in [0.2, 0.25) is 0 Å². The second-order valence-corrected chi connectivity index (χ2v) is 1.39. The molecular weight excluding hydrogens is 343 g/mol. The summed E-state index contributed by atoms with van der Waals surface area (Å²) >= 11 is 0. The van der Waals surface area contributed by atoms with Crippen LogP contribution in [-0.4, -0.2) is 67.9 Å². The third-order valence-electron chi connectivity index (χ3n) is 0.575. The molecule has 0 saturated heterocycles. The van der Waals surface area contributed by atoms with E-state index in [9.17, 15) is 10.2 Å². The molecule has 0 saturated carbocycles. The molecule has 0 amide bonds. The number of hydrogen-bond donors (Lipinski definition) is 0. The minimum absolute atomic E-state index is 0. The molecule has 0 aliphatic rings. The van der Waals surface area contributed by atoms with Gasteiger partial charge >= 0.3 is 27.3 Å². The van der Waals surface area contributed by atoms with E-state index in [1.54, 1.807) is 0 Å². The summed E-state index contributed by atoms with van der Waals surface area (Å²) in [6.45, 7) is 0.410. The third kappa shape index (κ3) is 36.4. The van der Waals surface area contributed by atoms with Crippen LogP contribution in [0.15, 0.2) is 0 Å². The summed E-state index contributed by atoms with van der Waals surface area (Å²) in [6, 6.07) is 0. The summed E-state index contributed by atoms with van der Waals surface area (Å²) in [5.74, 6) is 0. The van der Waals surface area contributed by atoms with Crippen molar-refractivity contribution in [2.24, 2.45) is 0 Å². The van der Waals surface area contributed by atoms with Crippen molar-refractivity contribution in [1.82, 2.24) is 0 Å². The van der Waals surface area contributed by atoms with Crippen LogP contribution in [0.4, 0.5) is 0 Å². The van der Waals surface area contributed by atoms with Crippen molar-refractivity contribution in [2.75, 3.05) is 40.6 Å². The van der Waals surface area contributed by atoms with Gasteiger partial charge in [0, 0.05) is 27.4 Å². The summed E-state index contributed by atoms with van der Waals surface area (Å²) in [5.41, 5.74) is 0. The Morgan fingerprint density at radius 3 is 1.18 bits per heavy atom. The molecule has 0 N–H and O–H groups in total. The van der Waals surface area contributed by atoms with Crippen LogP contribution in [0.3, 0.4) is 0 Å². The fourth-order valence-corrected chi connectivity index (χ4v) is 0.167. The molecule has 0 heterocycles. The molecule has 0 unspecified atom stereocenters. The summed E-state index contributed by atoms with van der Waals surface area (Å²) in [7, 11) is 3.02. The molecule has 5 heteroatoms.